The van der Waals surface area contributed by atoms with Crippen molar-refractivity contribution in [2.75, 3.05) is 106 Å². The van der Waals surface area contributed by atoms with E-state index in [0.29, 0.717) is 106 Å². The summed E-state index contributed by atoms with van der Waals surface area (Å²) in [6.07, 6.45) is 0. The summed E-state index contributed by atoms with van der Waals surface area (Å²) in [5.41, 5.74) is 5.81. The fourth-order valence-electron chi connectivity index (χ4n) is 6.10. The molecule has 0 spiro atoms. The van der Waals surface area contributed by atoms with Crippen molar-refractivity contribution in [2.24, 2.45) is 0 Å². The van der Waals surface area contributed by atoms with Gasteiger partial charge in [-0.1, -0.05) is 66.7 Å². The van der Waals surface area contributed by atoms with E-state index < -0.39 is 0 Å². The lowest BCUT2D eigenvalue weighted by Gasteiger charge is -2.14. The van der Waals surface area contributed by atoms with Gasteiger partial charge in [0.05, 0.1) is 84.7 Å². The Balaban J connectivity index is 0.977. The van der Waals surface area contributed by atoms with Crippen LogP contribution in [-0.4, -0.2) is 106 Å². The summed E-state index contributed by atoms with van der Waals surface area (Å²) in [5, 5.41) is 1.96. The predicted molar refractivity (Wildman–Crippen MR) is 213 cm³/mol. The van der Waals surface area contributed by atoms with Crippen LogP contribution in [0.1, 0.15) is 5.56 Å². The van der Waals surface area contributed by atoms with Gasteiger partial charge in [-0.05, 0) is 76.5 Å². The largest absolute Gasteiger partial charge is 0.491 e. The highest BCUT2D eigenvalue weighted by molar-refractivity contribution is 5.93. The molecule has 10 nitrogen and oxygen atoms in total. The van der Waals surface area contributed by atoms with Crippen LogP contribution >= 0.6 is 0 Å². The second-order valence-electron chi connectivity index (χ2n) is 12.8. The Morgan fingerprint density at radius 3 is 1.16 bits per heavy atom. The van der Waals surface area contributed by atoms with E-state index in [0.717, 1.165) is 50.5 Å². The number of ether oxygens (including phenoxy) is 10. The molecule has 4 aliphatic heterocycles. The Morgan fingerprint density at radius 1 is 0.345 bits per heavy atom. The van der Waals surface area contributed by atoms with Gasteiger partial charge in [0.2, 0.25) is 0 Å². The van der Waals surface area contributed by atoms with E-state index in [2.05, 4.69) is 49.4 Å². The molecule has 0 amide bonds. The minimum absolute atomic E-state index is 0.405. The fraction of sp³-hybridized carbons (Fsp3) is 0.378. The monoisotopic (exact) mass is 752 g/mol. The molecule has 10 heteroatoms. The van der Waals surface area contributed by atoms with Crippen LogP contribution in [0.2, 0.25) is 0 Å². The highest BCUT2D eigenvalue weighted by Crippen LogP contribution is 2.34. The molecule has 292 valence electrons. The Bertz CT molecular complexity index is 1840. The van der Waals surface area contributed by atoms with E-state index in [4.69, 9.17) is 47.4 Å². The van der Waals surface area contributed by atoms with Gasteiger partial charge in [0.1, 0.15) is 49.4 Å². The zero-order valence-corrected chi connectivity index (χ0v) is 31.7. The van der Waals surface area contributed by atoms with Crippen molar-refractivity contribution in [3.05, 3.63) is 109 Å². The Hall–Kier alpha value is -4.68. The zero-order chi connectivity index (χ0) is 37.8. The molecule has 4 heterocycles. The maximum Gasteiger partial charge on any atom is 0.130 e. The molecule has 0 saturated heterocycles. The van der Waals surface area contributed by atoms with Crippen LogP contribution in [0, 0.1) is 6.92 Å². The smallest absolute Gasteiger partial charge is 0.130 e. The molecule has 0 fully saturated rings. The van der Waals surface area contributed by atoms with E-state index >= 15 is 0 Å². The quantitative estimate of drug-likeness (QED) is 0.156. The van der Waals surface area contributed by atoms with Crippen LogP contribution in [0.4, 0.5) is 0 Å². The lowest BCUT2D eigenvalue weighted by atomic mass is 9.96. The van der Waals surface area contributed by atoms with Crippen molar-refractivity contribution in [3.8, 4) is 45.3 Å². The van der Waals surface area contributed by atoms with Crippen molar-refractivity contribution < 1.29 is 47.4 Å². The first-order valence-electron chi connectivity index (χ1n) is 19.1. The normalized spacial score (nSPS) is 16.9. The molecule has 4 aliphatic rings. The van der Waals surface area contributed by atoms with Crippen LogP contribution in [0.5, 0.6) is 23.0 Å². The molecule has 5 aromatic rings. The van der Waals surface area contributed by atoms with E-state index in [1.165, 1.54) is 11.1 Å². The third kappa shape index (κ3) is 13.0. The zero-order valence-electron chi connectivity index (χ0n) is 31.7. The molecule has 0 aromatic heterocycles. The van der Waals surface area contributed by atoms with Gasteiger partial charge in [-0.15, -0.1) is 0 Å². The molecule has 5 aromatic carbocycles. The van der Waals surface area contributed by atoms with E-state index in [-0.39, 0.29) is 0 Å². The summed E-state index contributed by atoms with van der Waals surface area (Å²) in [6, 6.07) is 34.8. The van der Waals surface area contributed by atoms with Gasteiger partial charge in [0.25, 0.3) is 0 Å². The second-order valence-corrected chi connectivity index (χ2v) is 12.8. The highest BCUT2D eigenvalue weighted by Gasteiger charge is 2.10. The first-order valence-corrected chi connectivity index (χ1v) is 19.1. The predicted octanol–water partition coefficient (Wildman–Crippen LogP) is 7.81. The SMILES string of the molecule is Cc1cc2ccc1-c1ccc(cc1)OCCOCCOCCOCCOc1cccc3cccc(c13)OCCOCCOCCOCCOc1ccc-2cc1. The first-order chi connectivity index (χ1) is 27.2. The minimum atomic E-state index is 0.405. The summed E-state index contributed by atoms with van der Waals surface area (Å²) in [5.74, 6) is 3.11. The molecule has 0 aliphatic carbocycles. The number of hydrogen-bond donors (Lipinski definition) is 0. The lowest BCUT2D eigenvalue weighted by molar-refractivity contribution is 0.00482. The Labute approximate surface area is 324 Å². The van der Waals surface area contributed by atoms with Crippen LogP contribution < -0.4 is 18.9 Å². The molecule has 0 unspecified atom stereocenters. The summed E-state index contributed by atoms with van der Waals surface area (Å²) >= 11 is 0. The standard InChI is InChI=1S/C45H52O10/c1-35-34-39-12-17-42(35)37-10-15-41(16-11-37)53-31-27-49-23-19-47-21-25-51-29-33-55-44-7-3-5-38-4-2-6-43(45(38)44)54-32-28-50-24-20-46-18-22-48-26-30-52-40-13-8-36(39)9-14-40/h2-17,34H,18-33H2,1H3. The average molecular weight is 753 g/mol. The van der Waals surface area contributed by atoms with E-state index in [9.17, 15) is 0 Å². The number of fused-ring (bicyclic) bond motifs is 2. The number of benzene rings is 5. The molecule has 0 atom stereocenters. The van der Waals surface area contributed by atoms with E-state index in [1.54, 1.807) is 0 Å². The number of aryl methyl sites for hydroxylation is 1. The van der Waals surface area contributed by atoms with E-state index in [1.807, 2.05) is 60.7 Å². The average Bonchev–Trinajstić information content (AvgIpc) is 3.21. The molecule has 9 rings (SSSR count). The molecule has 0 radical (unpaired) electrons. The van der Waals surface area contributed by atoms with Crippen molar-refractivity contribution in [2.45, 2.75) is 6.92 Å². The topological polar surface area (TPSA) is 92.3 Å². The highest BCUT2D eigenvalue weighted by atomic mass is 16.6. The summed E-state index contributed by atoms with van der Waals surface area (Å²) < 4.78 is 58.1. The molecule has 0 N–H and O–H groups in total. The minimum Gasteiger partial charge on any atom is -0.491 e. The lowest BCUT2D eigenvalue weighted by Crippen LogP contribution is -2.14. The third-order valence-electron chi connectivity index (χ3n) is 8.86. The summed E-state index contributed by atoms with van der Waals surface area (Å²) in [6.45, 7) is 9.54. The van der Waals surface area contributed by atoms with Crippen LogP contribution in [0.25, 0.3) is 33.0 Å². The maximum atomic E-state index is 6.10. The summed E-state index contributed by atoms with van der Waals surface area (Å²) in [4.78, 5) is 0. The number of hydrogen-bond acceptors (Lipinski definition) is 10. The van der Waals surface area contributed by atoms with Gasteiger partial charge >= 0.3 is 0 Å². The van der Waals surface area contributed by atoms with Gasteiger partial charge in [-0.2, -0.15) is 0 Å². The van der Waals surface area contributed by atoms with Crippen molar-refractivity contribution in [1.29, 1.82) is 0 Å². The van der Waals surface area contributed by atoms with Crippen molar-refractivity contribution in [3.63, 3.8) is 0 Å². The van der Waals surface area contributed by atoms with Crippen LogP contribution in [0.15, 0.2) is 103 Å². The van der Waals surface area contributed by atoms with Crippen LogP contribution in [-0.2, 0) is 28.4 Å². The van der Waals surface area contributed by atoms with Crippen molar-refractivity contribution >= 4 is 10.8 Å². The molecular weight excluding hydrogens is 700 g/mol. The van der Waals surface area contributed by atoms with Gasteiger partial charge in [-0.3, -0.25) is 0 Å². The Kier molecular flexibility index (Phi) is 16.5. The Morgan fingerprint density at radius 2 is 0.727 bits per heavy atom. The molecule has 55 heavy (non-hydrogen) atoms. The second kappa shape index (κ2) is 22.6. The summed E-state index contributed by atoms with van der Waals surface area (Å²) in [7, 11) is 0. The maximum absolute atomic E-state index is 6.10. The van der Waals surface area contributed by atoms with Gasteiger partial charge < -0.3 is 47.4 Å². The van der Waals surface area contributed by atoms with Gasteiger partial charge in [0.15, 0.2) is 0 Å². The van der Waals surface area contributed by atoms with Gasteiger partial charge in [-0.25, -0.2) is 0 Å². The van der Waals surface area contributed by atoms with Gasteiger partial charge in [0, 0.05) is 0 Å². The molecular formula is C45H52O10. The molecule has 6 bridgehead atoms. The first kappa shape index (κ1) is 40.0. The fourth-order valence-corrected chi connectivity index (χ4v) is 6.10. The van der Waals surface area contributed by atoms with Crippen molar-refractivity contribution in [1.82, 2.24) is 0 Å². The number of rotatable bonds is 0. The molecule has 0 saturated carbocycles. The third-order valence-corrected chi connectivity index (χ3v) is 8.86. The van der Waals surface area contributed by atoms with Crippen LogP contribution in [0.3, 0.4) is 0 Å².